The SMILES string of the molecule is COc1cc(/C=C(/C#N)C(=O)Nc2cccc(OC(C)C)c2)cc(OC)c1OC. The highest BCUT2D eigenvalue weighted by Gasteiger charge is 2.15. The van der Waals surface area contributed by atoms with Crippen LogP contribution in [-0.4, -0.2) is 33.3 Å². The fourth-order valence-corrected chi connectivity index (χ4v) is 2.62. The van der Waals surface area contributed by atoms with Crippen LogP contribution in [0.5, 0.6) is 23.0 Å². The molecule has 1 N–H and O–H groups in total. The molecule has 2 aromatic carbocycles. The molecule has 0 aliphatic rings. The van der Waals surface area contributed by atoms with Crippen LogP contribution in [0.2, 0.25) is 0 Å². The number of amides is 1. The van der Waals surface area contributed by atoms with Crippen molar-refractivity contribution in [1.29, 1.82) is 5.26 Å². The van der Waals surface area contributed by atoms with Crippen LogP contribution in [0.25, 0.3) is 6.08 Å². The Labute approximate surface area is 170 Å². The molecule has 0 unspecified atom stereocenters. The predicted molar refractivity (Wildman–Crippen MR) is 111 cm³/mol. The third-order valence-electron chi connectivity index (χ3n) is 3.83. The number of benzene rings is 2. The monoisotopic (exact) mass is 396 g/mol. The average molecular weight is 396 g/mol. The number of hydrogen-bond donors (Lipinski definition) is 1. The number of hydrogen-bond acceptors (Lipinski definition) is 6. The fraction of sp³-hybridized carbons (Fsp3) is 0.273. The Kier molecular flexibility index (Phi) is 7.49. The van der Waals surface area contributed by atoms with E-state index in [0.29, 0.717) is 34.2 Å². The van der Waals surface area contributed by atoms with Gasteiger partial charge in [0.1, 0.15) is 17.4 Å². The van der Waals surface area contributed by atoms with Crippen molar-refractivity contribution in [2.75, 3.05) is 26.6 Å². The largest absolute Gasteiger partial charge is 0.493 e. The summed E-state index contributed by atoms with van der Waals surface area (Å²) in [5.41, 5.74) is 1.01. The maximum Gasteiger partial charge on any atom is 0.266 e. The number of nitrogens with zero attached hydrogens (tertiary/aromatic N) is 1. The van der Waals surface area contributed by atoms with Crippen LogP contribution in [-0.2, 0) is 4.79 Å². The second kappa shape index (κ2) is 10.0. The molecule has 2 rings (SSSR count). The molecule has 152 valence electrons. The van der Waals surface area contributed by atoms with Gasteiger partial charge in [0.05, 0.1) is 27.4 Å². The number of nitrogens with one attached hydrogen (secondary N) is 1. The lowest BCUT2D eigenvalue weighted by atomic mass is 10.1. The Morgan fingerprint density at radius 1 is 1.07 bits per heavy atom. The number of methoxy groups -OCH3 is 3. The summed E-state index contributed by atoms with van der Waals surface area (Å²) >= 11 is 0. The van der Waals surface area contributed by atoms with Gasteiger partial charge in [-0.3, -0.25) is 4.79 Å². The smallest absolute Gasteiger partial charge is 0.266 e. The minimum Gasteiger partial charge on any atom is -0.493 e. The summed E-state index contributed by atoms with van der Waals surface area (Å²) < 4.78 is 21.5. The predicted octanol–water partition coefficient (Wildman–Crippen LogP) is 4.05. The first-order valence-electron chi connectivity index (χ1n) is 8.91. The van der Waals surface area contributed by atoms with Gasteiger partial charge in [0.25, 0.3) is 5.91 Å². The summed E-state index contributed by atoms with van der Waals surface area (Å²) in [6, 6.07) is 12.2. The van der Waals surface area contributed by atoms with Crippen molar-refractivity contribution in [3.63, 3.8) is 0 Å². The molecule has 0 spiro atoms. The summed E-state index contributed by atoms with van der Waals surface area (Å²) in [6.07, 6.45) is 1.46. The average Bonchev–Trinajstić information content (AvgIpc) is 2.70. The Hall–Kier alpha value is -3.66. The van der Waals surface area contributed by atoms with E-state index in [4.69, 9.17) is 18.9 Å². The highest BCUT2D eigenvalue weighted by Crippen LogP contribution is 2.38. The van der Waals surface area contributed by atoms with Crippen LogP contribution in [0.1, 0.15) is 19.4 Å². The maximum atomic E-state index is 12.6. The lowest BCUT2D eigenvalue weighted by Crippen LogP contribution is -2.14. The standard InChI is InChI=1S/C22H24N2O5/c1-14(2)29-18-8-6-7-17(12-18)24-22(25)16(13-23)9-15-10-19(26-3)21(28-5)20(11-15)27-4/h6-12,14H,1-5H3,(H,24,25)/b16-9-. The van der Waals surface area contributed by atoms with Crippen LogP contribution < -0.4 is 24.3 Å². The zero-order valence-corrected chi connectivity index (χ0v) is 17.1. The van der Waals surface area contributed by atoms with E-state index in [9.17, 15) is 10.1 Å². The highest BCUT2D eigenvalue weighted by molar-refractivity contribution is 6.09. The molecule has 2 aromatic rings. The van der Waals surface area contributed by atoms with Gasteiger partial charge in [0, 0.05) is 11.8 Å². The summed E-state index contributed by atoms with van der Waals surface area (Å²) in [5, 5.41) is 12.2. The number of carbonyl (C=O) groups excluding carboxylic acids is 1. The van der Waals surface area contributed by atoms with E-state index in [1.54, 1.807) is 36.4 Å². The number of ether oxygens (including phenoxy) is 4. The maximum absolute atomic E-state index is 12.6. The first-order valence-corrected chi connectivity index (χ1v) is 8.91. The molecule has 0 heterocycles. The minimum absolute atomic E-state index is 0.00977. The molecule has 1 amide bonds. The van der Waals surface area contributed by atoms with E-state index in [1.165, 1.54) is 27.4 Å². The van der Waals surface area contributed by atoms with Crippen molar-refractivity contribution in [1.82, 2.24) is 0 Å². The Morgan fingerprint density at radius 2 is 1.72 bits per heavy atom. The first-order chi connectivity index (χ1) is 13.9. The van der Waals surface area contributed by atoms with Gasteiger partial charge in [-0.25, -0.2) is 0 Å². The molecule has 0 aromatic heterocycles. The van der Waals surface area contributed by atoms with E-state index in [0.717, 1.165) is 0 Å². The van der Waals surface area contributed by atoms with Crippen molar-refractivity contribution in [3.05, 3.63) is 47.5 Å². The Balaban J connectivity index is 2.30. The van der Waals surface area contributed by atoms with Gasteiger partial charge in [0.2, 0.25) is 5.75 Å². The third kappa shape index (κ3) is 5.66. The molecular formula is C22H24N2O5. The fourth-order valence-electron chi connectivity index (χ4n) is 2.62. The van der Waals surface area contributed by atoms with Gasteiger partial charge in [-0.05, 0) is 49.8 Å². The lowest BCUT2D eigenvalue weighted by Gasteiger charge is -2.13. The van der Waals surface area contributed by atoms with Crippen molar-refractivity contribution in [2.45, 2.75) is 20.0 Å². The zero-order chi connectivity index (χ0) is 21.4. The van der Waals surface area contributed by atoms with E-state index in [-0.39, 0.29) is 11.7 Å². The summed E-state index contributed by atoms with van der Waals surface area (Å²) in [6.45, 7) is 3.83. The molecule has 0 radical (unpaired) electrons. The van der Waals surface area contributed by atoms with Crippen molar-refractivity contribution in [3.8, 4) is 29.1 Å². The van der Waals surface area contributed by atoms with Crippen molar-refractivity contribution >= 4 is 17.7 Å². The zero-order valence-electron chi connectivity index (χ0n) is 17.1. The Morgan fingerprint density at radius 3 is 2.24 bits per heavy atom. The van der Waals surface area contributed by atoms with Gasteiger partial charge in [-0.15, -0.1) is 0 Å². The van der Waals surface area contributed by atoms with Gasteiger partial charge in [-0.2, -0.15) is 5.26 Å². The van der Waals surface area contributed by atoms with Crippen molar-refractivity contribution in [2.24, 2.45) is 0 Å². The van der Waals surface area contributed by atoms with E-state index >= 15 is 0 Å². The normalized spacial score (nSPS) is 10.9. The number of carbonyl (C=O) groups is 1. The van der Waals surface area contributed by atoms with E-state index in [1.807, 2.05) is 19.9 Å². The second-order valence-corrected chi connectivity index (χ2v) is 6.28. The third-order valence-corrected chi connectivity index (χ3v) is 3.83. The molecule has 0 atom stereocenters. The van der Waals surface area contributed by atoms with Gasteiger partial charge in [-0.1, -0.05) is 6.07 Å². The summed E-state index contributed by atoms with van der Waals surface area (Å²) in [5.74, 6) is 1.37. The summed E-state index contributed by atoms with van der Waals surface area (Å²) in [7, 11) is 4.49. The minimum atomic E-state index is -0.539. The Bertz CT molecular complexity index is 919. The van der Waals surface area contributed by atoms with Crippen LogP contribution in [0.4, 0.5) is 5.69 Å². The number of nitriles is 1. The molecule has 0 aliphatic carbocycles. The molecule has 0 aliphatic heterocycles. The number of anilines is 1. The molecule has 0 bridgehead atoms. The topological polar surface area (TPSA) is 89.8 Å². The van der Waals surface area contributed by atoms with Gasteiger partial charge < -0.3 is 24.3 Å². The summed E-state index contributed by atoms with van der Waals surface area (Å²) in [4.78, 5) is 12.6. The van der Waals surface area contributed by atoms with Crippen LogP contribution in [0.3, 0.4) is 0 Å². The van der Waals surface area contributed by atoms with Crippen LogP contribution in [0, 0.1) is 11.3 Å². The van der Waals surface area contributed by atoms with Gasteiger partial charge >= 0.3 is 0 Å². The number of rotatable bonds is 8. The second-order valence-electron chi connectivity index (χ2n) is 6.28. The highest BCUT2D eigenvalue weighted by atomic mass is 16.5. The molecule has 0 saturated carbocycles. The molecule has 7 nitrogen and oxygen atoms in total. The van der Waals surface area contributed by atoms with E-state index in [2.05, 4.69) is 5.32 Å². The molecular weight excluding hydrogens is 372 g/mol. The van der Waals surface area contributed by atoms with Crippen LogP contribution >= 0.6 is 0 Å². The van der Waals surface area contributed by atoms with Crippen molar-refractivity contribution < 1.29 is 23.7 Å². The van der Waals surface area contributed by atoms with E-state index < -0.39 is 5.91 Å². The van der Waals surface area contributed by atoms with Crippen LogP contribution in [0.15, 0.2) is 42.0 Å². The quantitative estimate of drug-likeness (QED) is 0.535. The lowest BCUT2D eigenvalue weighted by molar-refractivity contribution is -0.112. The molecule has 0 saturated heterocycles. The van der Waals surface area contributed by atoms with Gasteiger partial charge in [0.15, 0.2) is 11.5 Å². The molecule has 29 heavy (non-hydrogen) atoms. The molecule has 0 fully saturated rings. The molecule has 7 heteroatoms. The first kappa shape index (κ1) is 21.6.